The Morgan fingerprint density at radius 2 is 1.00 bits per heavy atom. The van der Waals surface area contributed by atoms with Crippen LogP contribution < -0.4 is 0 Å². The van der Waals surface area contributed by atoms with Gasteiger partial charge in [-0.05, 0) is 82.8 Å². The molecular weight excluding hydrogens is 637 g/mol. The second-order valence-electron chi connectivity index (χ2n) is 13.0. The van der Waals surface area contributed by atoms with Crippen molar-refractivity contribution in [2.45, 2.75) is 19.4 Å². The van der Waals surface area contributed by atoms with Crippen LogP contribution in [0.3, 0.4) is 0 Å². The summed E-state index contributed by atoms with van der Waals surface area (Å²) >= 11 is 0. The number of rotatable bonds is 6. The summed E-state index contributed by atoms with van der Waals surface area (Å²) in [4.78, 5) is 21.2. The lowest BCUT2D eigenvalue weighted by molar-refractivity contribution is 0.173. The van der Waals surface area contributed by atoms with Crippen LogP contribution in [0.4, 0.5) is 0 Å². The van der Waals surface area contributed by atoms with E-state index in [9.17, 15) is 5.11 Å². The van der Waals surface area contributed by atoms with Crippen LogP contribution in [0.2, 0.25) is 0 Å². The number of allylic oxidation sites excluding steroid dienone is 12. The van der Waals surface area contributed by atoms with Crippen molar-refractivity contribution in [3.05, 3.63) is 214 Å². The maximum absolute atomic E-state index is 11.2. The standard InChI is InChI=1S/C47H34N4O/c1-2-43(52)36-21-13-12-20-35(36)37-29-34-28-33-22-23-38(48-33)44(30-14-6-3-7-15-30)39-24-25-40(50-39)45(31-16-8-4-9-17-31)41-26-27-42(51-41)46(47(37)49-34)32-18-10-5-11-19-32/h3-29,43,52H,2H2,1H3. The Hall–Kier alpha value is -6.56. The van der Waals surface area contributed by atoms with Gasteiger partial charge in [-0.1, -0.05) is 122 Å². The van der Waals surface area contributed by atoms with Crippen LogP contribution in [-0.4, -0.2) is 28.0 Å². The van der Waals surface area contributed by atoms with E-state index in [1.54, 1.807) is 0 Å². The van der Waals surface area contributed by atoms with Crippen molar-refractivity contribution in [3.8, 4) is 0 Å². The Labute approximate surface area is 303 Å². The van der Waals surface area contributed by atoms with Gasteiger partial charge < -0.3 is 5.11 Å². The summed E-state index contributed by atoms with van der Waals surface area (Å²) in [6.07, 6.45) is 16.6. The van der Waals surface area contributed by atoms with Crippen LogP contribution in [0.25, 0.3) is 22.3 Å². The third-order valence-electron chi connectivity index (χ3n) is 9.73. The van der Waals surface area contributed by atoms with Crippen LogP contribution in [0.15, 0.2) is 207 Å². The van der Waals surface area contributed by atoms with Crippen molar-refractivity contribution in [2.75, 3.05) is 0 Å². The van der Waals surface area contributed by atoms with Crippen LogP contribution in [-0.2, 0) is 0 Å². The van der Waals surface area contributed by atoms with Crippen molar-refractivity contribution in [2.24, 2.45) is 20.0 Å². The van der Waals surface area contributed by atoms with E-state index in [0.29, 0.717) is 6.42 Å². The van der Waals surface area contributed by atoms with E-state index in [4.69, 9.17) is 20.0 Å². The highest BCUT2D eigenvalue weighted by molar-refractivity contribution is 6.38. The summed E-state index contributed by atoms with van der Waals surface area (Å²) in [7, 11) is 0. The molecule has 0 aromatic heterocycles. The van der Waals surface area contributed by atoms with Crippen LogP contribution >= 0.6 is 0 Å². The first-order valence-electron chi connectivity index (χ1n) is 17.6. The highest BCUT2D eigenvalue weighted by Gasteiger charge is 2.29. The van der Waals surface area contributed by atoms with Crippen molar-refractivity contribution >= 4 is 45.1 Å². The minimum absolute atomic E-state index is 0.596. The maximum atomic E-state index is 11.2. The second kappa shape index (κ2) is 13.3. The van der Waals surface area contributed by atoms with Crippen molar-refractivity contribution < 1.29 is 5.11 Å². The molecule has 5 heterocycles. The summed E-state index contributed by atoms with van der Waals surface area (Å²) in [6, 6.07) is 39.1. The molecule has 5 aliphatic rings. The first-order chi connectivity index (χ1) is 25.6. The molecule has 9 rings (SSSR count). The summed E-state index contributed by atoms with van der Waals surface area (Å²) < 4.78 is 0. The Bertz CT molecular complexity index is 2510. The average Bonchev–Trinajstić information content (AvgIpc) is 4.03. The largest absolute Gasteiger partial charge is 0.388 e. The molecule has 0 saturated carbocycles. The van der Waals surface area contributed by atoms with Gasteiger partial charge in [-0.15, -0.1) is 0 Å². The van der Waals surface area contributed by atoms with E-state index in [1.807, 2.05) is 91.9 Å². The molecule has 5 nitrogen and oxygen atoms in total. The van der Waals surface area contributed by atoms with Gasteiger partial charge in [0.15, 0.2) is 0 Å². The molecule has 0 saturated heterocycles. The second-order valence-corrected chi connectivity index (χ2v) is 13.0. The minimum atomic E-state index is -0.618. The summed E-state index contributed by atoms with van der Waals surface area (Å²) in [6.45, 7) is 2.00. The maximum Gasteiger partial charge on any atom is 0.0816 e. The number of hydrogen-bond acceptors (Lipinski definition) is 5. The Kier molecular flexibility index (Phi) is 8.03. The smallest absolute Gasteiger partial charge is 0.0816 e. The molecule has 0 spiro atoms. The summed E-state index contributed by atoms with van der Waals surface area (Å²) in [5, 5.41) is 11.2. The zero-order valence-corrected chi connectivity index (χ0v) is 28.6. The predicted molar refractivity (Wildman–Crippen MR) is 215 cm³/mol. The number of fused-ring (bicyclic) bond motifs is 4. The molecule has 0 aliphatic carbocycles. The molecule has 1 atom stereocenters. The molecule has 0 amide bonds. The van der Waals surface area contributed by atoms with Gasteiger partial charge >= 0.3 is 0 Å². The summed E-state index contributed by atoms with van der Waals surface area (Å²) in [5.41, 5.74) is 15.1. The van der Waals surface area contributed by atoms with Gasteiger partial charge in [0.25, 0.3) is 0 Å². The first kappa shape index (κ1) is 31.4. The molecule has 0 radical (unpaired) electrons. The first-order valence-corrected chi connectivity index (χ1v) is 17.6. The van der Waals surface area contributed by atoms with E-state index >= 15 is 0 Å². The fourth-order valence-corrected chi connectivity index (χ4v) is 7.27. The number of aliphatic imine (C=N–C) groups is 4. The molecule has 248 valence electrons. The van der Waals surface area contributed by atoms with Gasteiger partial charge in [-0.2, -0.15) is 0 Å². The summed E-state index contributed by atoms with van der Waals surface area (Å²) in [5.74, 6) is 0. The van der Waals surface area contributed by atoms with Crippen molar-refractivity contribution in [1.82, 2.24) is 0 Å². The molecular formula is C47H34N4O. The molecule has 4 aromatic carbocycles. The Morgan fingerprint density at radius 3 is 1.60 bits per heavy atom. The van der Waals surface area contributed by atoms with Gasteiger partial charge in [0.1, 0.15) is 0 Å². The molecule has 4 aromatic rings. The number of benzene rings is 4. The van der Waals surface area contributed by atoms with Crippen molar-refractivity contribution in [1.29, 1.82) is 0 Å². The molecule has 0 fully saturated rings. The lowest BCUT2D eigenvalue weighted by Gasteiger charge is -2.18. The molecule has 8 bridgehead atoms. The lowest BCUT2D eigenvalue weighted by atomic mass is 9.89. The zero-order valence-electron chi connectivity index (χ0n) is 28.6. The number of nitrogens with zero attached hydrogens (tertiary/aromatic N) is 4. The van der Waals surface area contributed by atoms with Crippen LogP contribution in [0.5, 0.6) is 0 Å². The van der Waals surface area contributed by atoms with E-state index in [1.165, 1.54) is 0 Å². The van der Waals surface area contributed by atoms with E-state index in [0.717, 1.165) is 95.7 Å². The number of hydrogen-bond donors (Lipinski definition) is 1. The fraction of sp³-hybridized carbons (Fsp3) is 0.0638. The minimum Gasteiger partial charge on any atom is -0.388 e. The molecule has 1 unspecified atom stereocenters. The van der Waals surface area contributed by atoms with Gasteiger partial charge in [-0.25, -0.2) is 20.0 Å². The van der Waals surface area contributed by atoms with Gasteiger partial charge in [-0.3, -0.25) is 0 Å². The average molecular weight is 671 g/mol. The molecule has 1 N–H and O–H groups in total. The molecule has 5 heteroatoms. The highest BCUT2D eigenvalue weighted by atomic mass is 16.3. The topological polar surface area (TPSA) is 69.7 Å². The Balaban J connectivity index is 1.36. The molecule has 52 heavy (non-hydrogen) atoms. The van der Waals surface area contributed by atoms with Crippen LogP contribution in [0, 0.1) is 0 Å². The third-order valence-corrected chi connectivity index (χ3v) is 9.73. The van der Waals surface area contributed by atoms with E-state index < -0.39 is 6.10 Å². The van der Waals surface area contributed by atoms with Crippen molar-refractivity contribution in [3.63, 3.8) is 0 Å². The molecule has 5 aliphatic heterocycles. The highest BCUT2D eigenvalue weighted by Crippen LogP contribution is 2.42. The van der Waals surface area contributed by atoms with Gasteiger partial charge in [0.05, 0.1) is 51.7 Å². The Morgan fingerprint density at radius 1 is 0.500 bits per heavy atom. The van der Waals surface area contributed by atoms with E-state index in [-0.39, 0.29) is 0 Å². The predicted octanol–water partition coefficient (Wildman–Crippen LogP) is 10.1. The zero-order chi connectivity index (χ0) is 35.0. The SMILES string of the molecule is CCC(O)c1ccccc1C1=CC2=NC1=C(c1ccccc1)C1=NC(=C(c3ccccc3)C3=NC(=C(c4ccccc4)C4=NC(=C2)C=C4)C=C3)C=C1. The number of aliphatic hydroxyl groups excluding tert-OH is 1. The monoisotopic (exact) mass is 670 g/mol. The van der Waals surface area contributed by atoms with Gasteiger partial charge in [0, 0.05) is 22.3 Å². The van der Waals surface area contributed by atoms with Gasteiger partial charge in [0.2, 0.25) is 0 Å². The quantitative estimate of drug-likeness (QED) is 0.218. The lowest BCUT2D eigenvalue weighted by Crippen LogP contribution is -2.05. The number of aliphatic hydroxyl groups is 1. The van der Waals surface area contributed by atoms with E-state index in [2.05, 4.69) is 78.9 Å². The fourth-order valence-electron chi connectivity index (χ4n) is 7.27. The third kappa shape index (κ3) is 5.67. The van der Waals surface area contributed by atoms with Crippen LogP contribution in [0.1, 0.15) is 47.3 Å². The normalized spacial score (nSPS) is 18.0.